The number of anilines is 1. The van der Waals surface area contributed by atoms with Crippen molar-refractivity contribution >= 4 is 44.1 Å². The molecule has 1 atom stereocenters. The highest BCUT2D eigenvalue weighted by atomic mass is 32.2. The fraction of sp³-hybridized carbons (Fsp3) is 0.667. The summed E-state index contributed by atoms with van der Waals surface area (Å²) in [6.45, 7) is 2.58. The SMILES string of the molecule is CS(=O)(=O)OC1CN(c2nc(C(=O)C3CNCCS3)cs2)C1. The molecule has 22 heavy (non-hydrogen) atoms. The van der Waals surface area contributed by atoms with Crippen LogP contribution < -0.4 is 10.2 Å². The Hall–Kier alpha value is -0.680. The molecular formula is C12H17N3O4S3. The summed E-state index contributed by atoms with van der Waals surface area (Å²) in [6, 6.07) is 0. The lowest BCUT2D eigenvalue weighted by molar-refractivity contribution is 0.0984. The van der Waals surface area contributed by atoms with Crippen molar-refractivity contribution in [1.82, 2.24) is 10.3 Å². The summed E-state index contributed by atoms with van der Waals surface area (Å²) in [4.78, 5) is 18.7. The van der Waals surface area contributed by atoms with Crippen LogP contribution in [0, 0.1) is 0 Å². The van der Waals surface area contributed by atoms with Crippen LogP contribution in [-0.2, 0) is 14.3 Å². The molecule has 3 heterocycles. The number of thioether (sulfide) groups is 1. The molecule has 0 bridgehead atoms. The van der Waals surface area contributed by atoms with Gasteiger partial charge in [0.1, 0.15) is 11.8 Å². The van der Waals surface area contributed by atoms with Crippen molar-refractivity contribution < 1.29 is 17.4 Å². The molecule has 3 rings (SSSR count). The summed E-state index contributed by atoms with van der Waals surface area (Å²) in [7, 11) is -3.42. The average Bonchev–Trinajstić information content (AvgIpc) is 2.91. The molecule has 1 N–H and O–H groups in total. The number of carbonyl (C=O) groups excluding carboxylic acids is 1. The number of aromatic nitrogens is 1. The molecule has 2 fully saturated rings. The number of Topliss-reactive ketones (excluding diaryl/α,β-unsaturated/α-hetero) is 1. The third-order valence-electron chi connectivity index (χ3n) is 3.39. The summed E-state index contributed by atoms with van der Waals surface area (Å²) in [5.41, 5.74) is 0.494. The number of carbonyl (C=O) groups is 1. The van der Waals surface area contributed by atoms with Crippen molar-refractivity contribution in [2.45, 2.75) is 11.4 Å². The van der Waals surface area contributed by atoms with Gasteiger partial charge >= 0.3 is 0 Å². The second kappa shape index (κ2) is 6.44. The van der Waals surface area contributed by atoms with Crippen molar-refractivity contribution in [1.29, 1.82) is 0 Å². The number of hydrogen-bond donors (Lipinski definition) is 1. The van der Waals surface area contributed by atoms with Crippen LogP contribution in [0.5, 0.6) is 0 Å². The van der Waals surface area contributed by atoms with E-state index in [1.165, 1.54) is 11.3 Å². The van der Waals surface area contributed by atoms with Crippen molar-refractivity contribution in [3.63, 3.8) is 0 Å². The van der Waals surface area contributed by atoms with Gasteiger partial charge in [-0.3, -0.25) is 8.98 Å². The summed E-state index contributed by atoms with van der Waals surface area (Å²) >= 11 is 3.07. The summed E-state index contributed by atoms with van der Waals surface area (Å²) in [6.07, 6.45) is 0.724. The van der Waals surface area contributed by atoms with Gasteiger partial charge in [0.25, 0.3) is 10.1 Å². The van der Waals surface area contributed by atoms with E-state index in [9.17, 15) is 13.2 Å². The molecule has 1 aromatic heterocycles. The highest BCUT2D eigenvalue weighted by Crippen LogP contribution is 2.28. The van der Waals surface area contributed by atoms with Crippen LogP contribution in [0.1, 0.15) is 10.5 Å². The molecule has 0 amide bonds. The van der Waals surface area contributed by atoms with Gasteiger partial charge in [-0.15, -0.1) is 23.1 Å². The van der Waals surface area contributed by atoms with E-state index in [0.29, 0.717) is 25.3 Å². The molecule has 0 radical (unpaired) electrons. The van der Waals surface area contributed by atoms with Crippen molar-refractivity contribution in [2.24, 2.45) is 0 Å². The maximum Gasteiger partial charge on any atom is 0.264 e. The summed E-state index contributed by atoms with van der Waals surface area (Å²) in [5.74, 6) is 0.994. The average molecular weight is 363 g/mol. The van der Waals surface area contributed by atoms with Crippen LogP contribution >= 0.6 is 23.1 Å². The standard InChI is InChI=1S/C12H17N3O4S3/c1-22(17,18)19-8-5-15(6-8)12-14-9(7-21-12)11(16)10-4-13-2-3-20-10/h7-8,10,13H,2-6H2,1H3. The highest BCUT2D eigenvalue weighted by Gasteiger charge is 2.33. The first-order valence-electron chi connectivity index (χ1n) is 6.87. The minimum atomic E-state index is -3.42. The Morgan fingerprint density at radius 3 is 2.91 bits per heavy atom. The van der Waals surface area contributed by atoms with Crippen molar-refractivity contribution in [2.75, 3.05) is 43.1 Å². The quantitative estimate of drug-likeness (QED) is 0.586. The Bertz CT molecular complexity index is 648. The van der Waals surface area contributed by atoms with E-state index < -0.39 is 10.1 Å². The summed E-state index contributed by atoms with van der Waals surface area (Å²) < 4.78 is 27.0. The van der Waals surface area contributed by atoms with E-state index in [1.54, 1.807) is 17.1 Å². The van der Waals surface area contributed by atoms with Gasteiger partial charge in [0.05, 0.1) is 11.5 Å². The molecule has 0 saturated carbocycles. The number of thiazole rings is 1. The second-order valence-electron chi connectivity index (χ2n) is 5.27. The Labute approximate surface area is 137 Å². The minimum absolute atomic E-state index is 0.0594. The molecule has 0 spiro atoms. The van der Waals surface area contributed by atoms with E-state index in [4.69, 9.17) is 4.18 Å². The fourth-order valence-electron chi connectivity index (χ4n) is 2.32. The Morgan fingerprint density at radius 2 is 2.27 bits per heavy atom. The van der Waals surface area contributed by atoms with Crippen LogP contribution in [-0.4, -0.2) is 68.7 Å². The predicted octanol–water partition coefficient (Wildman–Crippen LogP) is 0.196. The first kappa shape index (κ1) is 16.2. The zero-order valence-electron chi connectivity index (χ0n) is 12.0. The van der Waals surface area contributed by atoms with Crippen LogP contribution in [0.15, 0.2) is 5.38 Å². The molecule has 0 aliphatic carbocycles. The lowest BCUT2D eigenvalue weighted by Gasteiger charge is -2.37. The molecule has 7 nitrogen and oxygen atoms in total. The number of nitrogens with zero attached hydrogens (tertiary/aromatic N) is 2. The van der Waals surface area contributed by atoms with Crippen LogP contribution in [0.4, 0.5) is 5.13 Å². The number of nitrogens with one attached hydrogen (secondary N) is 1. The number of rotatable bonds is 5. The monoisotopic (exact) mass is 363 g/mol. The van der Waals surface area contributed by atoms with Gasteiger partial charge in [0.2, 0.25) is 0 Å². The van der Waals surface area contributed by atoms with Gasteiger partial charge in [-0.25, -0.2) is 4.98 Å². The van der Waals surface area contributed by atoms with Crippen molar-refractivity contribution in [3.05, 3.63) is 11.1 Å². The van der Waals surface area contributed by atoms with Gasteiger partial charge in [0, 0.05) is 37.3 Å². The van der Waals surface area contributed by atoms with Gasteiger partial charge < -0.3 is 10.2 Å². The Kier molecular flexibility index (Phi) is 4.74. The smallest absolute Gasteiger partial charge is 0.264 e. The van der Waals surface area contributed by atoms with Gasteiger partial charge in [-0.2, -0.15) is 8.42 Å². The third-order valence-corrected chi connectivity index (χ3v) is 6.14. The van der Waals surface area contributed by atoms with Crippen LogP contribution in [0.3, 0.4) is 0 Å². The molecule has 2 saturated heterocycles. The van der Waals surface area contributed by atoms with Crippen LogP contribution in [0.25, 0.3) is 0 Å². The molecule has 2 aliphatic heterocycles. The number of ketones is 1. The lowest BCUT2D eigenvalue weighted by Crippen LogP contribution is -2.53. The molecule has 1 unspecified atom stereocenters. The molecular weight excluding hydrogens is 346 g/mol. The van der Waals surface area contributed by atoms with Gasteiger partial charge in [-0.1, -0.05) is 0 Å². The maximum atomic E-state index is 12.4. The first-order valence-corrected chi connectivity index (χ1v) is 10.6. The predicted molar refractivity (Wildman–Crippen MR) is 87.5 cm³/mol. The molecule has 122 valence electrons. The van der Waals surface area contributed by atoms with E-state index in [2.05, 4.69) is 10.3 Å². The minimum Gasteiger partial charge on any atom is -0.343 e. The summed E-state index contributed by atoms with van der Waals surface area (Å²) in [5, 5.41) is 5.66. The normalized spacial score (nSPS) is 23.3. The fourth-order valence-corrected chi connectivity index (χ4v) is 4.83. The van der Waals surface area contributed by atoms with Crippen LogP contribution in [0.2, 0.25) is 0 Å². The zero-order chi connectivity index (χ0) is 15.7. The first-order chi connectivity index (χ1) is 10.4. The maximum absolute atomic E-state index is 12.4. The zero-order valence-corrected chi connectivity index (χ0v) is 14.5. The molecule has 0 aromatic carbocycles. The lowest BCUT2D eigenvalue weighted by atomic mass is 10.2. The van der Waals surface area contributed by atoms with Gasteiger partial charge in [0.15, 0.2) is 10.9 Å². The Balaban J connectivity index is 1.57. The van der Waals surface area contributed by atoms with E-state index in [-0.39, 0.29) is 17.1 Å². The molecule has 2 aliphatic rings. The number of hydrogen-bond acceptors (Lipinski definition) is 9. The molecule has 1 aromatic rings. The van der Waals surface area contributed by atoms with E-state index >= 15 is 0 Å². The van der Waals surface area contributed by atoms with E-state index in [0.717, 1.165) is 23.7 Å². The Morgan fingerprint density at radius 1 is 1.50 bits per heavy atom. The highest BCUT2D eigenvalue weighted by molar-refractivity contribution is 8.00. The topological polar surface area (TPSA) is 88.6 Å². The largest absolute Gasteiger partial charge is 0.343 e. The molecule has 10 heteroatoms. The van der Waals surface area contributed by atoms with E-state index in [1.807, 2.05) is 4.90 Å². The third kappa shape index (κ3) is 3.80. The van der Waals surface area contributed by atoms with Gasteiger partial charge in [-0.05, 0) is 0 Å². The van der Waals surface area contributed by atoms with Crippen molar-refractivity contribution in [3.8, 4) is 0 Å². The second-order valence-corrected chi connectivity index (χ2v) is 9.02.